The number of ether oxygens (including phenoxy) is 1. The molecule has 4 aliphatic carbocycles. The molecule has 5 fully saturated rings. The molecule has 0 radical (unpaired) electrons. The van der Waals surface area contributed by atoms with Crippen LogP contribution in [0.2, 0.25) is 0 Å². The molecule has 0 aromatic rings. The van der Waals surface area contributed by atoms with Gasteiger partial charge in [-0.3, -0.25) is 4.79 Å². The van der Waals surface area contributed by atoms with E-state index in [0.29, 0.717) is 11.8 Å². The van der Waals surface area contributed by atoms with Gasteiger partial charge in [-0.05, 0) is 69.9 Å². The number of hydrogen-bond acceptors (Lipinski definition) is 3. The van der Waals surface area contributed by atoms with Gasteiger partial charge in [0.1, 0.15) is 5.60 Å². The first-order valence-corrected chi connectivity index (χ1v) is 7.94. The van der Waals surface area contributed by atoms with Crippen LogP contribution in [0.25, 0.3) is 0 Å². The maximum Gasteiger partial charge on any atom is 0.310 e. The first-order valence-electron chi connectivity index (χ1n) is 7.94. The maximum atomic E-state index is 12.3. The largest absolute Gasteiger partial charge is 0.458 e. The smallest absolute Gasteiger partial charge is 0.310 e. The molecule has 0 amide bonds. The number of nitrogens with zero attached hydrogens (tertiary/aromatic N) is 1. The van der Waals surface area contributed by atoms with Crippen LogP contribution in [0, 0.1) is 29.6 Å². The van der Waals surface area contributed by atoms with Crippen molar-refractivity contribution >= 4 is 5.97 Å². The summed E-state index contributed by atoms with van der Waals surface area (Å²) in [7, 11) is 4.10. The van der Waals surface area contributed by atoms with Crippen molar-refractivity contribution in [2.24, 2.45) is 29.6 Å². The van der Waals surface area contributed by atoms with Crippen LogP contribution in [0.5, 0.6) is 0 Å². The zero-order valence-corrected chi connectivity index (χ0v) is 12.1. The van der Waals surface area contributed by atoms with Gasteiger partial charge in [-0.15, -0.1) is 0 Å². The van der Waals surface area contributed by atoms with Crippen LogP contribution in [-0.4, -0.2) is 37.1 Å². The Hall–Kier alpha value is -0.570. The lowest BCUT2D eigenvalue weighted by Crippen LogP contribution is -2.57. The highest BCUT2D eigenvalue weighted by atomic mass is 16.6. The maximum absolute atomic E-state index is 12.3. The first-order chi connectivity index (χ1) is 9.07. The van der Waals surface area contributed by atoms with E-state index >= 15 is 0 Å². The third-order valence-corrected chi connectivity index (χ3v) is 6.30. The second-order valence-electron chi connectivity index (χ2n) is 7.84. The molecule has 106 valence electrons. The topological polar surface area (TPSA) is 29.5 Å². The van der Waals surface area contributed by atoms with Crippen LogP contribution in [0.4, 0.5) is 0 Å². The molecular weight excluding hydrogens is 238 g/mol. The molecule has 1 saturated heterocycles. The second-order valence-corrected chi connectivity index (χ2v) is 7.84. The minimum Gasteiger partial charge on any atom is -0.458 e. The molecular formula is C16H25NO2. The van der Waals surface area contributed by atoms with Crippen molar-refractivity contribution < 1.29 is 9.53 Å². The third-order valence-electron chi connectivity index (χ3n) is 6.30. The normalized spacial score (nSPS) is 51.3. The van der Waals surface area contributed by atoms with Crippen LogP contribution in [0.15, 0.2) is 0 Å². The van der Waals surface area contributed by atoms with Gasteiger partial charge in [0.15, 0.2) is 0 Å². The predicted molar refractivity (Wildman–Crippen MR) is 72.5 cm³/mol. The second kappa shape index (κ2) is 3.97. The molecule has 5 aliphatic rings. The molecule has 1 heterocycles. The van der Waals surface area contributed by atoms with Gasteiger partial charge in [-0.25, -0.2) is 0 Å². The molecule has 4 saturated carbocycles. The molecule has 4 bridgehead atoms. The van der Waals surface area contributed by atoms with Gasteiger partial charge in [0.25, 0.3) is 0 Å². The number of hydrogen-bond donors (Lipinski definition) is 0. The zero-order chi connectivity index (χ0) is 13.2. The highest BCUT2D eigenvalue weighted by molar-refractivity contribution is 5.76. The van der Waals surface area contributed by atoms with Crippen LogP contribution in [0.1, 0.15) is 38.5 Å². The Labute approximate surface area is 115 Å². The summed E-state index contributed by atoms with van der Waals surface area (Å²) < 4.78 is 6.07. The molecule has 1 aliphatic heterocycles. The Morgan fingerprint density at radius 2 is 1.68 bits per heavy atom. The number of rotatable bonds is 2. The Kier molecular flexibility index (Phi) is 2.55. The Morgan fingerprint density at radius 3 is 2.21 bits per heavy atom. The lowest BCUT2D eigenvalue weighted by atomic mass is 9.49. The molecule has 3 heteroatoms. The van der Waals surface area contributed by atoms with Crippen LogP contribution in [0.3, 0.4) is 0 Å². The van der Waals surface area contributed by atoms with E-state index in [2.05, 4.69) is 19.0 Å². The van der Waals surface area contributed by atoms with Gasteiger partial charge in [0, 0.05) is 13.0 Å². The Balaban J connectivity index is 1.59. The summed E-state index contributed by atoms with van der Waals surface area (Å²) in [5.41, 5.74) is -0.0504. The fourth-order valence-corrected chi connectivity index (χ4v) is 5.84. The van der Waals surface area contributed by atoms with Gasteiger partial charge in [-0.1, -0.05) is 0 Å². The average molecular weight is 263 g/mol. The van der Waals surface area contributed by atoms with Crippen LogP contribution >= 0.6 is 0 Å². The number of carbonyl (C=O) groups is 1. The first kappa shape index (κ1) is 12.2. The standard InChI is InChI=1S/C16H25NO2/c1-17(2)9-12-8-16(19-15(12)18)13-4-10-3-11(6-13)7-14(16)5-10/h10-14H,3-9H2,1-2H3. The van der Waals surface area contributed by atoms with Gasteiger partial charge < -0.3 is 9.64 Å². The Bertz CT molecular complexity index is 376. The molecule has 3 nitrogen and oxygen atoms in total. The summed E-state index contributed by atoms with van der Waals surface area (Å²) in [6.07, 6.45) is 7.77. The zero-order valence-electron chi connectivity index (χ0n) is 12.1. The number of esters is 1. The SMILES string of the molecule is CN(C)CC1CC2(OC1=O)C1CC3CC(C1)CC2C3. The van der Waals surface area contributed by atoms with Gasteiger partial charge in [0.05, 0.1) is 5.92 Å². The van der Waals surface area contributed by atoms with Gasteiger partial charge >= 0.3 is 5.97 Å². The van der Waals surface area contributed by atoms with Crippen molar-refractivity contribution in [3.63, 3.8) is 0 Å². The predicted octanol–water partition coefficient (Wildman–Crippen LogP) is 2.31. The summed E-state index contributed by atoms with van der Waals surface area (Å²) in [4.78, 5) is 14.4. The van der Waals surface area contributed by atoms with Crippen LogP contribution in [-0.2, 0) is 9.53 Å². The lowest BCUT2D eigenvalue weighted by Gasteiger charge is -2.58. The van der Waals surface area contributed by atoms with E-state index in [4.69, 9.17) is 4.74 Å². The van der Waals surface area contributed by atoms with E-state index in [1.807, 2.05) is 0 Å². The van der Waals surface area contributed by atoms with E-state index in [0.717, 1.165) is 24.8 Å². The van der Waals surface area contributed by atoms with E-state index in [1.54, 1.807) is 0 Å². The molecule has 1 spiro atoms. The molecule has 19 heavy (non-hydrogen) atoms. The van der Waals surface area contributed by atoms with E-state index in [1.165, 1.54) is 32.1 Å². The highest BCUT2D eigenvalue weighted by Gasteiger charge is 2.63. The van der Waals surface area contributed by atoms with E-state index in [-0.39, 0.29) is 17.5 Å². The van der Waals surface area contributed by atoms with E-state index in [9.17, 15) is 4.79 Å². The third kappa shape index (κ3) is 1.70. The van der Waals surface area contributed by atoms with Crippen molar-refractivity contribution in [3.05, 3.63) is 0 Å². The lowest BCUT2D eigenvalue weighted by molar-refractivity contribution is -0.191. The molecule has 1 atom stereocenters. The fourth-order valence-electron chi connectivity index (χ4n) is 5.84. The van der Waals surface area contributed by atoms with Gasteiger partial charge in [0.2, 0.25) is 0 Å². The summed E-state index contributed by atoms with van der Waals surface area (Å²) in [6, 6.07) is 0. The summed E-state index contributed by atoms with van der Waals surface area (Å²) >= 11 is 0. The van der Waals surface area contributed by atoms with Crippen LogP contribution < -0.4 is 0 Å². The number of carbonyl (C=O) groups excluding carboxylic acids is 1. The molecule has 5 rings (SSSR count). The minimum absolute atomic E-state index is 0.0504. The molecule has 0 N–H and O–H groups in total. The monoisotopic (exact) mass is 263 g/mol. The summed E-state index contributed by atoms with van der Waals surface area (Å²) in [6.45, 7) is 0.854. The molecule has 1 unspecified atom stereocenters. The highest BCUT2D eigenvalue weighted by Crippen LogP contribution is 2.62. The van der Waals surface area contributed by atoms with Crippen molar-refractivity contribution in [2.75, 3.05) is 20.6 Å². The van der Waals surface area contributed by atoms with E-state index < -0.39 is 0 Å². The van der Waals surface area contributed by atoms with Gasteiger partial charge in [-0.2, -0.15) is 0 Å². The van der Waals surface area contributed by atoms with Crippen molar-refractivity contribution in [1.29, 1.82) is 0 Å². The van der Waals surface area contributed by atoms with Crippen molar-refractivity contribution in [2.45, 2.75) is 44.1 Å². The minimum atomic E-state index is -0.0504. The molecule has 0 aromatic carbocycles. The quantitative estimate of drug-likeness (QED) is 0.716. The average Bonchev–Trinajstić information content (AvgIpc) is 2.63. The Morgan fingerprint density at radius 1 is 1.11 bits per heavy atom. The molecule has 0 aromatic heterocycles. The van der Waals surface area contributed by atoms with Crippen molar-refractivity contribution in [3.8, 4) is 0 Å². The fraction of sp³-hybridized carbons (Fsp3) is 0.938. The van der Waals surface area contributed by atoms with Crippen molar-refractivity contribution in [1.82, 2.24) is 4.90 Å². The summed E-state index contributed by atoms with van der Waals surface area (Å²) in [5.74, 6) is 3.45. The summed E-state index contributed by atoms with van der Waals surface area (Å²) in [5, 5.41) is 0.